The molecule has 0 aromatic rings. The molecule has 0 saturated carbocycles. The third kappa shape index (κ3) is 2.16. The van der Waals surface area contributed by atoms with E-state index in [9.17, 15) is 0 Å². The molecule has 0 N–H and O–H groups in total. The molecule has 2 nitrogen and oxygen atoms in total. The van der Waals surface area contributed by atoms with Crippen LogP contribution in [0.3, 0.4) is 0 Å². The minimum absolute atomic E-state index is 0. The third-order valence-electron chi connectivity index (χ3n) is 0.850. The van der Waals surface area contributed by atoms with Crippen molar-refractivity contribution in [3.05, 3.63) is 6.92 Å². The van der Waals surface area contributed by atoms with Crippen molar-refractivity contribution in [2.75, 3.05) is 19.8 Å². The molecule has 1 unspecified atom stereocenters. The van der Waals surface area contributed by atoms with Crippen LogP contribution in [0, 0.1) is 6.92 Å². The Balaban J connectivity index is 0.000000490. The van der Waals surface area contributed by atoms with Gasteiger partial charge < -0.3 is 16.4 Å². The van der Waals surface area contributed by atoms with Crippen LogP contribution in [0.5, 0.6) is 0 Å². The van der Waals surface area contributed by atoms with Gasteiger partial charge in [0.05, 0.1) is 13.2 Å². The average molecular weight is 348 g/mol. The zero-order chi connectivity index (χ0) is 5.11. The van der Waals surface area contributed by atoms with Crippen molar-refractivity contribution in [2.24, 2.45) is 0 Å². The standard InChI is InChI=1S/C5H9O2.Cm/c1-2-6-3-5-4-7-5;/h5H,1-4H2;/q-1;. The summed E-state index contributed by atoms with van der Waals surface area (Å²) < 4.78 is 9.78. The number of rotatable bonds is 3. The first-order chi connectivity index (χ1) is 3.43. The van der Waals surface area contributed by atoms with Gasteiger partial charge in [-0.25, -0.2) is 0 Å². The molecular formula is C5H9CmO2-. The maximum Gasteiger partial charge on any atom is 0.104 e. The normalized spacial score (nSPS) is 24.4. The zero-order valence-corrected chi connectivity index (χ0v) is 7.52. The summed E-state index contributed by atoms with van der Waals surface area (Å²) >= 11 is 0. The average Bonchev–Trinajstić information content (AvgIpc) is 2.42. The van der Waals surface area contributed by atoms with Gasteiger partial charge in [0.1, 0.15) is 6.10 Å². The fourth-order valence-electron chi connectivity index (χ4n) is 0.379. The van der Waals surface area contributed by atoms with E-state index in [4.69, 9.17) is 9.47 Å². The van der Waals surface area contributed by atoms with E-state index in [1.807, 2.05) is 0 Å². The van der Waals surface area contributed by atoms with Gasteiger partial charge in [-0.3, -0.25) is 0 Å². The van der Waals surface area contributed by atoms with Gasteiger partial charge in [0.25, 0.3) is 0 Å². The fraction of sp³-hybridized carbons (Fsp3) is 0.800. The molecule has 1 saturated heterocycles. The third-order valence-corrected chi connectivity index (χ3v) is 0.850. The molecule has 50 valence electrons. The van der Waals surface area contributed by atoms with Crippen LogP contribution in [0.2, 0.25) is 0 Å². The first kappa shape index (κ1) is 6.92. The second-order valence-electron chi connectivity index (χ2n) is 1.53. The zero-order valence-electron chi connectivity index (χ0n) is 4.58. The van der Waals surface area contributed by atoms with Crippen LogP contribution in [0.25, 0.3) is 0 Å². The summed E-state index contributed by atoms with van der Waals surface area (Å²) in [4.78, 5) is 0. The maximum absolute atomic E-state index is 4.92. The summed E-state index contributed by atoms with van der Waals surface area (Å²) in [5.41, 5.74) is 0. The fourth-order valence-corrected chi connectivity index (χ4v) is 0.379. The van der Waals surface area contributed by atoms with Crippen LogP contribution in [0.1, 0.15) is 0 Å². The van der Waals surface area contributed by atoms with Crippen molar-refractivity contribution in [1.82, 2.24) is 0 Å². The first-order valence-electron chi connectivity index (χ1n) is 2.42. The molecule has 0 amide bonds. The summed E-state index contributed by atoms with van der Waals surface area (Å²) in [6, 6.07) is 0. The molecule has 0 aliphatic carbocycles. The quantitative estimate of drug-likeness (QED) is 0.538. The molecule has 0 radical (unpaired) electrons. The van der Waals surface area contributed by atoms with E-state index in [-0.39, 0.29) is 0 Å². The Bertz CT molecular complexity index is 54.4. The van der Waals surface area contributed by atoms with Gasteiger partial charge in [0.2, 0.25) is 0 Å². The summed E-state index contributed by atoms with van der Waals surface area (Å²) in [7, 11) is 0. The van der Waals surface area contributed by atoms with Gasteiger partial charge in [-0.1, -0.05) is 6.61 Å². The number of ether oxygens (including phenoxy) is 2. The molecular weight excluding hydrogens is 339 g/mol. The molecule has 0 aromatic heterocycles. The van der Waals surface area contributed by atoms with Crippen LogP contribution in [-0.4, -0.2) is 25.9 Å². The molecule has 1 fully saturated rings. The Morgan fingerprint density at radius 3 is 2.75 bits per heavy atom. The van der Waals surface area contributed by atoms with Crippen LogP contribution < -0.4 is 0 Å². The van der Waals surface area contributed by atoms with Crippen molar-refractivity contribution >= 4 is 0 Å². The molecule has 1 aliphatic rings. The van der Waals surface area contributed by atoms with Crippen LogP contribution >= 0.6 is 0 Å². The molecule has 1 heterocycles. The van der Waals surface area contributed by atoms with Crippen molar-refractivity contribution in [3.8, 4) is 0 Å². The Labute approximate surface area is 43.4 Å². The SMILES string of the molecule is [CH2-]COCC1CO1.[Cm]. The first-order valence-corrected chi connectivity index (χ1v) is 2.42. The second kappa shape index (κ2) is 2.99. The predicted octanol–water partition coefficient (Wildman–Crippen LogP) is 0.236. The maximum atomic E-state index is 4.92. The topological polar surface area (TPSA) is 21.8 Å². The Morgan fingerprint density at radius 2 is 2.38 bits per heavy atom. The van der Waals surface area contributed by atoms with E-state index in [1.165, 1.54) is 0 Å². The summed E-state index contributed by atoms with van der Waals surface area (Å²) in [6.07, 6.45) is 0.391. The van der Waals surface area contributed by atoms with Gasteiger partial charge in [-0.2, -0.15) is 0 Å². The van der Waals surface area contributed by atoms with E-state index in [0.717, 1.165) is 13.2 Å². The summed E-state index contributed by atoms with van der Waals surface area (Å²) in [5, 5.41) is 0. The number of hydrogen-bond acceptors (Lipinski definition) is 2. The number of hydrogen-bond donors (Lipinski definition) is 0. The van der Waals surface area contributed by atoms with Gasteiger partial charge in [0.15, 0.2) is 0 Å². The number of epoxide rings is 1. The minimum atomic E-state index is 0. The Kier molecular flexibility index (Phi) is 2.59. The van der Waals surface area contributed by atoms with Crippen molar-refractivity contribution < 1.29 is 9.47 Å². The van der Waals surface area contributed by atoms with Crippen molar-refractivity contribution in [3.63, 3.8) is 0 Å². The van der Waals surface area contributed by atoms with Crippen LogP contribution in [-0.2, 0) is 9.47 Å². The van der Waals surface area contributed by atoms with Gasteiger partial charge in [0, 0.05) is 0 Å². The van der Waals surface area contributed by atoms with E-state index in [1.54, 1.807) is 0 Å². The monoisotopic (exact) mass is 344 g/mol. The minimum Gasteiger partial charge on any atom is -0.411 e. The van der Waals surface area contributed by atoms with E-state index in [0.29, 0.717) is 12.7 Å². The van der Waals surface area contributed by atoms with Gasteiger partial charge >= 0.3 is 0 Å². The second-order valence-corrected chi connectivity index (χ2v) is 1.53. The van der Waals surface area contributed by atoms with Gasteiger partial charge in [-0.05, 0) is 0 Å². The Hall–Kier alpha value is -1.08. The van der Waals surface area contributed by atoms with E-state index >= 15 is 0 Å². The molecule has 0 aromatic carbocycles. The predicted molar refractivity (Wildman–Crippen MR) is 25.9 cm³/mol. The van der Waals surface area contributed by atoms with Crippen LogP contribution in [0.15, 0.2) is 0 Å². The Morgan fingerprint density at radius 1 is 1.75 bits per heavy atom. The summed E-state index contributed by atoms with van der Waals surface area (Å²) in [5.74, 6) is 0. The molecule has 8 heavy (non-hydrogen) atoms. The molecule has 1 atom stereocenters. The van der Waals surface area contributed by atoms with Crippen molar-refractivity contribution in [2.45, 2.75) is 6.10 Å². The summed E-state index contributed by atoms with van der Waals surface area (Å²) in [6.45, 7) is 5.66. The van der Waals surface area contributed by atoms with Crippen molar-refractivity contribution in [1.29, 1.82) is 0 Å². The van der Waals surface area contributed by atoms with Gasteiger partial charge in [-0.15, -0.1) is 0 Å². The largest absolute Gasteiger partial charge is 0.411 e. The van der Waals surface area contributed by atoms with Crippen LogP contribution in [0.4, 0.5) is 0 Å². The smallest absolute Gasteiger partial charge is 0.104 e. The molecule has 0 bridgehead atoms. The molecule has 0 spiro atoms. The molecule has 1 rings (SSSR count). The molecule has 1 aliphatic heterocycles. The molecule has 3 heteroatoms. The van der Waals surface area contributed by atoms with E-state index in [2.05, 4.69) is 6.92 Å². The van der Waals surface area contributed by atoms with E-state index < -0.39 is 0 Å².